The van der Waals surface area contributed by atoms with E-state index in [1.165, 1.54) is 75.5 Å². The highest BCUT2D eigenvalue weighted by Crippen LogP contribution is 2.54. The molecule has 0 radical (unpaired) electrons. The standard InChI is InChI=1S/C58H41N3S/c1-36-32-39(37-16-4-2-5-17-37)30-31-43(36)52-35-51(59-58(60-52)38-18-6-3-7-19-38)42-22-14-21-40(33-42)45-27-15-28-49-54-48-26-12-13-29-53(48)62-57(54)56(61-55(45)49)50-34-41-20-8-9-23-44(41)46-24-10-11-25-47(46)50/h2-31,33-36,56,61H,32H2,1H3. The number of anilines is 1. The molecule has 2 atom stereocenters. The van der Waals surface area contributed by atoms with Crippen molar-refractivity contribution in [3.05, 3.63) is 222 Å². The second kappa shape index (κ2) is 14.9. The SMILES string of the molecule is CC1CC(c2ccccc2)=CC=C1c1cc(-c2cccc(-c3cccc4c3NC(c3cc5ccccc5c5ccccc35)c3sc5ccccc5c3-4)c2)nc(-c2ccccc2)n1. The second-order valence-corrected chi connectivity index (χ2v) is 17.7. The Bertz CT molecular complexity index is 3430. The first-order chi connectivity index (χ1) is 30.6. The molecule has 0 amide bonds. The molecule has 0 fully saturated rings. The van der Waals surface area contributed by atoms with E-state index in [1.807, 2.05) is 17.4 Å². The van der Waals surface area contributed by atoms with Crippen LogP contribution in [-0.4, -0.2) is 9.97 Å². The number of para-hydroxylation sites is 1. The quantitative estimate of drug-likeness (QED) is 0.170. The van der Waals surface area contributed by atoms with E-state index in [-0.39, 0.29) is 6.04 Å². The van der Waals surface area contributed by atoms with Gasteiger partial charge < -0.3 is 5.32 Å². The van der Waals surface area contributed by atoms with Crippen LogP contribution in [-0.2, 0) is 0 Å². The Kier molecular flexibility index (Phi) is 8.79. The summed E-state index contributed by atoms with van der Waals surface area (Å²) in [5.74, 6) is 1.02. The molecule has 2 aliphatic rings. The zero-order chi connectivity index (χ0) is 41.1. The molecule has 3 heterocycles. The summed E-state index contributed by atoms with van der Waals surface area (Å²) >= 11 is 1.91. The van der Waals surface area contributed by atoms with Gasteiger partial charge in [0.05, 0.1) is 23.1 Å². The van der Waals surface area contributed by atoms with Gasteiger partial charge in [-0.05, 0) is 86.0 Å². The molecule has 4 heteroatoms. The van der Waals surface area contributed by atoms with Crippen LogP contribution in [0.1, 0.15) is 41.1 Å². The number of benzene rings is 8. The fraction of sp³-hybridized carbons (Fsp3) is 0.0690. The van der Waals surface area contributed by atoms with Crippen molar-refractivity contribution in [1.82, 2.24) is 9.97 Å². The fourth-order valence-electron chi connectivity index (χ4n) is 9.83. The van der Waals surface area contributed by atoms with Crippen molar-refractivity contribution in [2.45, 2.75) is 19.4 Å². The van der Waals surface area contributed by atoms with Crippen LogP contribution in [0.4, 0.5) is 5.69 Å². The van der Waals surface area contributed by atoms with Gasteiger partial charge in [-0.1, -0.05) is 183 Å². The molecule has 0 saturated heterocycles. The Labute approximate surface area is 365 Å². The van der Waals surface area contributed by atoms with Crippen LogP contribution in [0.2, 0.25) is 0 Å². The van der Waals surface area contributed by atoms with E-state index in [0.29, 0.717) is 5.92 Å². The Morgan fingerprint density at radius 3 is 1.98 bits per heavy atom. The molecule has 10 aromatic rings. The minimum Gasteiger partial charge on any atom is -0.372 e. The van der Waals surface area contributed by atoms with Crippen LogP contribution >= 0.6 is 11.3 Å². The van der Waals surface area contributed by atoms with E-state index in [0.717, 1.165) is 46.0 Å². The minimum atomic E-state index is -0.0474. The lowest BCUT2D eigenvalue weighted by Gasteiger charge is -2.31. The number of nitrogens with one attached hydrogen (secondary N) is 1. The van der Waals surface area contributed by atoms with E-state index in [4.69, 9.17) is 9.97 Å². The fourth-order valence-corrected chi connectivity index (χ4v) is 11.1. The Morgan fingerprint density at radius 2 is 1.16 bits per heavy atom. The van der Waals surface area contributed by atoms with Gasteiger partial charge in [0.15, 0.2) is 5.82 Å². The highest BCUT2D eigenvalue weighted by Gasteiger charge is 2.32. The lowest BCUT2D eigenvalue weighted by molar-refractivity contribution is 0.766. The Hall–Kier alpha value is -7.40. The van der Waals surface area contributed by atoms with E-state index in [1.54, 1.807) is 0 Å². The van der Waals surface area contributed by atoms with Crippen LogP contribution < -0.4 is 5.32 Å². The summed E-state index contributed by atoms with van der Waals surface area (Å²) < 4.78 is 1.30. The number of fused-ring (bicyclic) bond motifs is 8. The molecule has 8 aromatic carbocycles. The highest BCUT2D eigenvalue weighted by molar-refractivity contribution is 7.19. The topological polar surface area (TPSA) is 37.8 Å². The van der Waals surface area contributed by atoms with Crippen LogP contribution in [0.25, 0.3) is 87.7 Å². The maximum Gasteiger partial charge on any atom is 0.160 e. The molecule has 1 N–H and O–H groups in total. The number of allylic oxidation sites excluding steroid dienone is 4. The first kappa shape index (κ1) is 36.5. The summed E-state index contributed by atoms with van der Waals surface area (Å²) in [7, 11) is 0. The van der Waals surface area contributed by atoms with Crippen LogP contribution in [0, 0.1) is 5.92 Å². The van der Waals surface area contributed by atoms with Crippen molar-refractivity contribution < 1.29 is 0 Å². The van der Waals surface area contributed by atoms with Gasteiger partial charge >= 0.3 is 0 Å². The summed E-state index contributed by atoms with van der Waals surface area (Å²) in [5.41, 5.74) is 15.1. The Balaban J connectivity index is 1.01. The van der Waals surface area contributed by atoms with Gasteiger partial charge in [0, 0.05) is 42.8 Å². The second-order valence-electron chi connectivity index (χ2n) is 16.6. The van der Waals surface area contributed by atoms with Gasteiger partial charge in [-0.2, -0.15) is 0 Å². The van der Waals surface area contributed by atoms with Crippen LogP contribution in [0.5, 0.6) is 0 Å². The third kappa shape index (κ3) is 6.17. The van der Waals surface area contributed by atoms with Crippen LogP contribution in [0.3, 0.4) is 0 Å². The third-order valence-corrected chi connectivity index (χ3v) is 14.0. The maximum absolute atomic E-state index is 5.27. The number of hydrogen-bond donors (Lipinski definition) is 1. The molecule has 0 spiro atoms. The molecular formula is C58H41N3S. The molecular weight excluding hydrogens is 771 g/mol. The predicted molar refractivity (Wildman–Crippen MR) is 262 cm³/mol. The monoisotopic (exact) mass is 811 g/mol. The third-order valence-electron chi connectivity index (χ3n) is 12.8. The predicted octanol–water partition coefficient (Wildman–Crippen LogP) is 15.7. The van der Waals surface area contributed by atoms with Crippen molar-refractivity contribution in [3.63, 3.8) is 0 Å². The summed E-state index contributed by atoms with van der Waals surface area (Å²) in [6, 6.07) is 67.9. The largest absolute Gasteiger partial charge is 0.372 e. The molecule has 0 saturated carbocycles. The normalized spacial score (nSPS) is 15.8. The van der Waals surface area contributed by atoms with Gasteiger partial charge in [-0.25, -0.2) is 9.97 Å². The number of aromatic nitrogens is 2. The van der Waals surface area contributed by atoms with Gasteiger partial charge in [0.1, 0.15) is 0 Å². The van der Waals surface area contributed by atoms with E-state index in [9.17, 15) is 0 Å². The Morgan fingerprint density at radius 1 is 0.516 bits per heavy atom. The van der Waals surface area contributed by atoms with E-state index >= 15 is 0 Å². The van der Waals surface area contributed by atoms with Crippen molar-refractivity contribution >= 4 is 59.8 Å². The van der Waals surface area contributed by atoms with Crippen molar-refractivity contribution in [3.8, 4) is 44.9 Å². The molecule has 2 unspecified atom stereocenters. The highest BCUT2D eigenvalue weighted by atomic mass is 32.1. The lowest BCUT2D eigenvalue weighted by atomic mass is 9.84. The molecule has 0 bridgehead atoms. The minimum absolute atomic E-state index is 0.0474. The summed E-state index contributed by atoms with van der Waals surface area (Å²) in [4.78, 5) is 11.9. The lowest BCUT2D eigenvalue weighted by Crippen LogP contribution is -2.17. The molecule has 2 aromatic heterocycles. The van der Waals surface area contributed by atoms with Gasteiger partial charge in [0.25, 0.3) is 0 Å². The number of hydrogen-bond acceptors (Lipinski definition) is 4. The van der Waals surface area contributed by atoms with Gasteiger partial charge in [0.2, 0.25) is 0 Å². The molecule has 1 aliphatic heterocycles. The van der Waals surface area contributed by atoms with Gasteiger partial charge in [-0.15, -0.1) is 11.3 Å². The average Bonchev–Trinajstić information content (AvgIpc) is 3.74. The van der Waals surface area contributed by atoms with Gasteiger partial charge in [-0.3, -0.25) is 0 Å². The maximum atomic E-state index is 5.27. The van der Waals surface area contributed by atoms with E-state index < -0.39 is 0 Å². The van der Waals surface area contributed by atoms with Crippen LogP contribution in [0.15, 0.2) is 200 Å². The zero-order valence-electron chi connectivity index (χ0n) is 34.2. The number of rotatable bonds is 6. The summed E-state index contributed by atoms with van der Waals surface area (Å²) in [6.07, 6.45) is 5.50. The first-order valence-electron chi connectivity index (χ1n) is 21.5. The molecule has 12 rings (SSSR count). The van der Waals surface area contributed by atoms with Crippen molar-refractivity contribution in [2.24, 2.45) is 5.92 Å². The molecule has 62 heavy (non-hydrogen) atoms. The number of nitrogens with zero attached hydrogens (tertiary/aromatic N) is 2. The first-order valence-corrected chi connectivity index (χ1v) is 22.3. The van der Waals surface area contributed by atoms with Crippen molar-refractivity contribution in [1.29, 1.82) is 0 Å². The van der Waals surface area contributed by atoms with E-state index in [2.05, 4.69) is 206 Å². The number of thiophene rings is 1. The van der Waals surface area contributed by atoms with Crippen molar-refractivity contribution in [2.75, 3.05) is 5.32 Å². The molecule has 1 aliphatic carbocycles. The zero-order valence-corrected chi connectivity index (χ0v) is 35.0. The molecule has 3 nitrogen and oxygen atoms in total. The summed E-state index contributed by atoms with van der Waals surface area (Å²) in [6.45, 7) is 2.31. The molecule has 294 valence electrons. The summed E-state index contributed by atoms with van der Waals surface area (Å²) in [5, 5.41) is 10.6. The average molecular weight is 812 g/mol. The smallest absolute Gasteiger partial charge is 0.160 e.